The average Bonchev–Trinajstić information content (AvgIpc) is 3.38. The maximum absolute atomic E-state index is 11.6. The molecule has 9 nitrogen and oxygen atoms in total. The van der Waals surface area contributed by atoms with Crippen LogP contribution in [0.5, 0.6) is 11.5 Å². The summed E-state index contributed by atoms with van der Waals surface area (Å²) < 4.78 is 10.7. The predicted molar refractivity (Wildman–Crippen MR) is 109 cm³/mol. The fourth-order valence-corrected chi connectivity index (χ4v) is 3.81. The van der Waals surface area contributed by atoms with Gasteiger partial charge in [-0.25, -0.2) is 4.98 Å². The molecule has 0 aliphatic carbocycles. The number of carbonyl (C=O) groups excluding carboxylic acids is 1. The van der Waals surface area contributed by atoms with Gasteiger partial charge in [-0.3, -0.25) is 4.79 Å². The molecule has 0 saturated heterocycles. The molecule has 0 radical (unpaired) electrons. The number of nitrogens with zero attached hydrogens (tertiary/aromatic N) is 3. The number of aromatic amines is 2. The van der Waals surface area contributed by atoms with Crippen molar-refractivity contribution in [3.63, 3.8) is 0 Å². The van der Waals surface area contributed by atoms with Crippen molar-refractivity contribution < 1.29 is 14.3 Å². The normalized spacial score (nSPS) is 11.0. The van der Waals surface area contributed by atoms with Crippen molar-refractivity contribution in [3.8, 4) is 22.8 Å². The van der Waals surface area contributed by atoms with E-state index in [4.69, 9.17) is 15.2 Å². The Morgan fingerprint density at radius 2 is 2.00 bits per heavy atom. The van der Waals surface area contributed by atoms with E-state index in [2.05, 4.69) is 25.4 Å². The second kappa shape index (κ2) is 7.84. The molecule has 2 heterocycles. The molecule has 0 aliphatic rings. The van der Waals surface area contributed by atoms with Crippen molar-refractivity contribution in [1.29, 1.82) is 0 Å². The topological polar surface area (TPSA) is 132 Å². The first-order valence-electron chi connectivity index (χ1n) is 8.63. The lowest BCUT2D eigenvalue weighted by Crippen LogP contribution is -2.12. The number of nitrogens with one attached hydrogen (secondary N) is 2. The van der Waals surface area contributed by atoms with Crippen LogP contribution in [-0.2, 0) is 5.75 Å². The van der Waals surface area contributed by atoms with E-state index in [1.54, 1.807) is 14.2 Å². The van der Waals surface area contributed by atoms with E-state index in [0.29, 0.717) is 11.4 Å². The van der Waals surface area contributed by atoms with Gasteiger partial charge >= 0.3 is 0 Å². The second-order valence-corrected chi connectivity index (χ2v) is 7.09. The molecule has 29 heavy (non-hydrogen) atoms. The summed E-state index contributed by atoms with van der Waals surface area (Å²) in [5.41, 5.74) is 9.28. The Morgan fingerprint density at radius 3 is 2.76 bits per heavy atom. The Kier molecular flexibility index (Phi) is 5.09. The maximum Gasteiger partial charge on any atom is 0.271 e. The largest absolute Gasteiger partial charge is 0.497 e. The number of benzene rings is 2. The number of methoxy groups -OCH3 is 2. The molecule has 0 saturated carbocycles. The highest BCUT2D eigenvalue weighted by molar-refractivity contribution is 7.98. The Bertz CT molecular complexity index is 1190. The van der Waals surface area contributed by atoms with Crippen molar-refractivity contribution in [2.45, 2.75) is 10.9 Å². The predicted octanol–water partition coefficient (Wildman–Crippen LogP) is 2.76. The summed E-state index contributed by atoms with van der Waals surface area (Å²) in [7, 11) is 3.24. The zero-order valence-electron chi connectivity index (χ0n) is 15.7. The minimum Gasteiger partial charge on any atom is -0.497 e. The van der Waals surface area contributed by atoms with Crippen molar-refractivity contribution in [2.75, 3.05) is 14.2 Å². The quantitative estimate of drug-likeness (QED) is 0.399. The minimum atomic E-state index is -0.641. The van der Waals surface area contributed by atoms with E-state index in [9.17, 15) is 4.79 Å². The molecule has 10 heteroatoms. The molecule has 2 aromatic heterocycles. The van der Waals surface area contributed by atoms with E-state index in [0.717, 1.165) is 38.8 Å². The van der Waals surface area contributed by atoms with E-state index in [1.807, 2.05) is 36.4 Å². The Balaban J connectivity index is 1.61. The van der Waals surface area contributed by atoms with E-state index < -0.39 is 5.91 Å². The first-order valence-corrected chi connectivity index (χ1v) is 9.62. The lowest BCUT2D eigenvalue weighted by molar-refractivity contribution is 0.0996. The van der Waals surface area contributed by atoms with E-state index >= 15 is 0 Å². The number of thioether (sulfide) groups is 1. The standard InChI is InChI=1S/C19H18N6O3S/c1-27-12-4-5-13-14(8-12)22-19(21-13)29-9-11-7-10(3-6-15(11)28-2)16-17(18(20)26)24-25-23-16/h3-8H,9H2,1-2H3,(H2,20,26)(H,21,22)(H,23,24,25). The number of hydrogen-bond acceptors (Lipinski definition) is 7. The summed E-state index contributed by atoms with van der Waals surface area (Å²) in [6, 6.07) is 11.2. The third kappa shape index (κ3) is 3.74. The lowest BCUT2D eigenvalue weighted by atomic mass is 10.1. The lowest BCUT2D eigenvalue weighted by Gasteiger charge is -2.09. The van der Waals surface area contributed by atoms with Gasteiger partial charge in [-0.15, -0.1) is 0 Å². The van der Waals surface area contributed by atoms with Gasteiger partial charge in [0.05, 0.1) is 25.3 Å². The molecule has 0 bridgehead atoms. The van der Waals surface area contributed by atoms with Crippen molar-refractivity contribution in [1.82, 2.24) is 25.4 Å². The molecule has 0 spiro atoms. The Hall–Kier alpha value is -3.53. The van der Waals surface area contributed by atoms with Crippen LogP contribution in [0.1, 0.15) is 16.1 Å². The summed E-state index contributed by atoms with van der Waals surface area (Å²) in [6.07, 6.45) is 0. The Labute approximate surface area is 170 Å². The number of carbonyl (C=O) groups is 1. The smallest absolute Gasteiger partial charge is 0.271 e. The fraction of sp³-hybridized carbons (Fsp3) is 0.158. The first kappa shape index (κ1) is 18.8. The van der Waals surface area contributed by atoms with E-state index in [-0.39, 0.29) is 5.69 Å². The number of aromatic nitrogens is 5. The second-order valence-electron chi connectivity index (χ2n) is 6.13. The minimum absolute atomic E-state index is 0.0972. The number of H-pyrrole nitrogens is 2. The zero-order valence-corrected chi connectivity index (χ0v) is 16.5. The van der Waals surface area contributed by atoms with Gasteiger partial charge in [0, 0.05) is 22.9 Å². The number of nitrogens with two attached hydrogens (primary N) is 1. The molecular weight excluding hydrogens is 392 g/mol. The van der Waals surface area contributed by atoms with Gasteiger partial charge in [-0.05, 0) is 30.3 Å². The summed E-state index contributed by atoms with van der Waals surface area (Å²) in [4.78, 5) is 19.4. The van der Waals surface area contributed by atoms with Crippen LogP contribution < -0.4 is 15.2 Å². The van der Waals surface area contributed by atoms with Crippen LogP contribution in [0, 0.1) is 0 Å². The highest BCUT2D eigenvalue weighted by Crippen LogP contribution is 2.32. The van der Waals surface area contributed by atoms with E-state index in [1.165, 1.54) is 11.8 Å². The molecule has 148 valence electrons. The van der Waals surface area contributed by atoms with Crippen molar-refractivity contribution in [3.05, 3.63) is 47.7 Å². The molecular formula is C19H18N6O3S. The molecule has 4 aromatic rings. The highest BCUT2D eigenvalue weighted by Gasteiger charge is 2.17. The number of fused-ring (bicyclic) bond motifs is 1. The van der Waals surface area contributed by atoms with Gasteiger partial charge in [0.1, 0.15) is 17.2 Å². The maximum atomic E-state index is 11.6. The third-order valence-electron chi connectivity index (χ3n) is 4.37. The van der Waals surface area contributed by atoms with Gasteiger partial charge in [-0.2, -0.15) is 15.4 Å². The summed E-state index contributed by atoms with van der Waals surface area (Å²) in [5, 5.41) is 11.1. The molecule has 2 aromatic carbocycles. The van der Waals surface area contributed by atoms with Gasteiger partial charge in [0.25, 0.3) is 5.91 Å². The Morgan fingerprint density at radius 1 is 1.14 bits per heavy atom. The first-order chi connectivity index (χ1) is 14.1. The molecule has 0 atom stereocenters. The number of ether oxygens (including phenoxy) is 2. The monoisotopic (exact) mass is 410 g/mol. The van der Waals surface area contributed by atoms with Gasteiger partial charge in [0.2, 0.25) is 0 Å². The van der Waals surface area contributed by atoms with Crippen molar-refractivity contribution in [2.24, 2.45) is 5.73 Å². The molecule has 4 rings (SSSR count). The van der Waals surface area contributed by atoms with Crippen LogP contribution >= 0.6 is 11.8 Å². The number of primary amides is 1. The van der Waals surface area contributed by atoms with Crippen molar-refractivity contribution >= 4 is 28.7 Å². The third-order valence-corrected chi connectivity index (χ3v) is 5.29. The molecule has 1 amide bonds. The number of imidazole rings is 1. The van der Waals surface area contributed by atoms with Gasteiger partial charge in [-0.1, -0.05) is 11.8 Å². The molecule has 0 aliphatic heterocycles. The van der Waals surface area contributed by atoms with Crippen LogP contribution in [0.25, 0.3) is 22.3 Å². The van der Waals surface area contributed by atoms with Gasteiger partial charge < -0.3 is 20.2 Å². The summed E-state index contributed by atoms with van der Waals surface area (Å²) >= 11 is 1.54. The summed E-state index contributed by atoms with van der Waals surface area (Å²) in [6.45, 7) is 0. The van der Waals surface area contributed by atoms with Crippen LogP contribution in [0.2, 0.25) is 0 Å². The number of amides is 1. The zero-order chi connectivity index (χ0) is 20.4. The molecule has 0 unspecified atom stereocenters. The average molecular weight is 410 g/mol. The highest BCUT2D eigenvalue weighted by atomic mass is 32.2. The number of rotatable bonds is 7. The SMILES string of the molecule is COc1ccc2nc(SCc3cc(-c4n[nH]nc4C(N)=O)ccc3OC)[nH]c2c1. The molecule has 4 N–H and O–H groups in total. The fourth-order valence-electron chi connectivity index (χ4n) is 2.95. The summed E-state index contributed by atoms with van der Waals surface area (Å²) in [5.74, 6) is 1.45. The van der Waals surface area contributed by atoms with Crippen LogP contribution in [0.4, 0.5) is 0 Å². The molecule has 0 fully saturated rings. The van der Waals surface area contributed by atoms with Gasteiger partial charge in [0.15, 0.2) is 10.9 Å². The number of hydrogen-bond donors (Lipinski definition) is 3. The van der Waals surface area contributed by atoms with Crippen LogP contribution in [-0.4, -0.2) is 45.5 Å². The van der Waals surface area contributed by atoms with Crippen LogP contribution in [0.3, 0.4) is 0 Å². The van der Waals surface area contributed by atoms with Crippen LogP contribution in [0.15, 0.2) is 41.6 Å².